The maximum atomic E-state index is 2.68. The zero-order valence-corrected chi connectivity index (χ0v) is 38.9. The molecule has 2 heteroatoms. The van der Waals surface area contributed by atoms with Crippen LogP contribution in [0.2, 0.25) is 0 Å². The monoisotopic (exact) mass is 821 g/mol. The Morgan fingerprint density at radius 1 is 0.482 bits per heavy atom. The van der Waals surface area contributed by atoms with Crippen LogP contribution in [0.1, 0.15) is 90.6 Å². The Kier molecular flexibility index (Phi) is 9.62. The van der Waals surface area contributed by atoms with E-state index in [1.165, 1.54) is 77.9 Å². The standard InChI is InChI=1S/2C21H23.C12H9Si.Zr/c2*1-13(2)18-11-17-7-6-8-19(21(17)12-18)20-10-14(3)9-15(4)16(20)5;1-3-7-11-9(5-1)10-6-2-4-8-12(10)13-11;/h2*6-13H,1-5H3;1-7H,13H2;. The first-order valence-corrected chi connectivity index (χ1v) is 26.3. The van der Waals surface area contributed by atoms with E-state index in [-0.39, 0.29) is 0 Å². The molecular weight excluding hydrogens is 768 g/mol. The van der Waals surface area contributed by atoms with Crippen LogP contribution < -0.4 is 13.6 Å². The van der Waals surface area contributed by atoms with Crippen molar-refractivity contribution in [3.8, 4) is 33.4 Å². The topological polar surface area (TPSA) is 0 Å². The molecule has 0 bridgehead atoms. The molecule has 56 heavy (non-hydrogen) atoms. The van der Waals surface area contributed by atoms with Crippen LogP contribution in [0.25, 0.3) is 45.5 Å². The number of hydrogen-bond donors (Lipinski definition) is 0. The Hall–Kier alpha value is -4.10. The van der Waals surface area contributed by atoms with Crippen LogP contribution in [0.15, 0.2) is 114 Å². The van der Waals surface area contributed by atoms with Crippen molar-refractivity contribution < 1.29 is 21.8 Å². The van der Waals surface area contributed by atoms with Gasteiger partial charge in [0.1, 0.15) is 0 Å². The van der Waals surface area contributed by atoms with Crippen LogP contribution in [0, 0.1) is 53.4 Å². The van der Waals surface area contributed by atoms with Crippen molar-refractivity contribution in [2.75, 3.05) is 0 Å². The van der Waals surface area contributed by atoms with Gasteiger partial charge in [-0.3, -0.25) is 0 Å². The van der Waals surface area contributed by atoms with Gasteiger partial charge in [-0.05, 0) is 0 Å². The Balaban J connectivity index is 1.33. The van der Waals surface area contributed by atoms with Crippen molar-refractivity contribution in [1.29, 1.82) is 0 Å². The van der Waals surface area contributed by atoms with E-state index in [9.17, 15) is 0 Å². The van der Waals surface area contributed by atoms with Crippen LogP contribution >= 0.6 is 0 Å². The fourth-order valence-electron chi connectivity index (χ4n) is 10.6. The Bertz CT molecular complexity index is 2510. The van der Waals surface area contributed by atoms with Gasteiger partial charge in [0.05, 0.1) is 0 Å². The van der Waals surface area contributed by atoms with E-state index in [1.54, 1.807) is 35.9 Å². The van der Waals surface area contributed by atoms with Crippen molar-refractivity contribution in [1.82, 2.24) is 0 Å². The van der Waals surface area contributed by atoms with E-state index >= 15 is 0 Å². The van der Waals surface area contributed by atoms with Gasteiger partial charge in [-0.15, -0.1) is 0 Å². The first kappa shape index (κ1) is 37.5. The molecule has 0 N–H and O–H groups in total. The van der Waals surface area contributed by atoms with Crippen molar-refractivity contribution in [2.45, 2.75) is 76.5 Å². The van der Waals surface area contributed by atoms with E-state index in [1.807, 2.05) is 0 Å². The molecule has 0 amide bonds. The van der Waals surface area contributed by atoms with E-state index in [0.29, 0.717) is 19.1 Å². The van der Waals surface area contributed by atoms with Gasteiger partial charge in [0.15, 0.2) is 0 Å². The summed E-state index contributed by atoms with van der Waals surface area (Å²) in [5, 5.41) is 3.37. The fourth-order valence-corrected chi connectivity index (χ4v) is 25.3. The van der Waals surface area contributed by atoms with Gasteiger partial charge < -0.3 is 0 Å². The summed E-state index contributed by atoms with van der Waals surface area (Å²) in [6.07, 6.45) is 5.36. The first-order valence-electron chi connectivity index (χ1n) is 20.8. The van der Waals surface area contributed by atoms with E-state index in [0.717, 1.165) is 0 Å². The van der Waals surface area contributed by atoms with Gasteiger partial charge in [-0.2, -0.15) is 0 Å². The van der Waals surface area contributed by atoms with Crippen LogP contribution in [0.3, 0.4) is 0 Å². The quantitative estimate of drug-likeness (QED) is 0.141. The summed E-state index contributed by atoms with van der Waals surface area (Å²) in [6.45, 7) is 23.6. The molecule has 0 saturated carbocycles. The maximum absolute atomic E-state index is 2.89. The molecule has 9 rings (SSSR count). The summed E-state index contributed by atoms with van der Waals surface area (Å²) in [6, 6.07) is 41.1. The number of allylic oxidation sites excluding steroid dienone is 2. The predicted molar refractivity (Wildman–Crippen MR) is 243 cm³/mol. The zero-order valence-electron chi connectivity index (χ0n) is 35.0. The third-order valence-electron chi connectivity index (χ3n) is 13.5. The van der Waals surface area contributed by atoms with E-state index in [2.05, 4.69) is 185 Å². The molecule has 2 unspecified atom stereocenters. The van der Waals surface area contributed by atoms with Crippen molar-refractivity contribution in [2.24, 2.45) is 11.8 Å². The molecule has 0 fully saturated rings. The summed E-state index contributed by atoms with van der Waals surface area (Å²) >= 11 is -2.89. The molecule has 0 spiro atoms. The van der Waals surface area contributed by atoms with Crippen molar-refractivity contribution >= 4 is 35.3 Å². The predicted octanol–water partition coefficient (Wildman–Crippen LogP) is 11.8. The SMILES string of the molecule is Cc1cc(C)c(C)c(-c2cccc3c2C=C(C(C)C)[CH]3[Zr]([c]2cccc3c2[SiH2]c2ccccc2-3)[CH]2C(C(C)C)=Cc3c(-c4cc(C)cc(C)c4C)cccc32)c1. The molecule has 6 aromatic carbocycles. The van der Waals surface area contributed by atoms with Gasteiger partial charge in [-0.25, -0.2) is 0 Å². The summed E-state index contributed by atoms with van der Waals surface area (Å²) in [7, 11) is -0.627. The second-order valence-electron chi connectivity index (χ2n) is 17.7. The molecular formula is C54H55SiZr. The zero-order chi connectivity index (χ0) is 39.2. The summed E-state index contributed by atoms with van der Waals surface area (Å²) in [5.74, 6) is 0.915. The molecule has 1 heterocycles. The second-order valence-corrected chi connectivity index (χ2v) is 25.9. The Morgan fingerprint density at radius 3 is 1.46 bits per heavy atom. The number of benzene rings is 6. The molecule has 3 aliphatic rings. The molecule has 0 saturated heterocycles. The number of aryl methyl sites for hydroxylation is 4. The summed E-state index contributed by atoms with van der Waals surface area (Å²) < 4.78 is 2.68. The average molecular weight is 823 g/mol. The minimum absolute atomic E-state index is 0.451. The molecule has 0 radical (unpaired) electrons. The van der Waals surface area contributed by atoms with E-state index < -0.39 is 31.3 Å². The third kappa shape index (κ3) is 6.01. The molecule has 1 aliphatic heterocycles. The molecule has 0 aromatic heterocycles. The van der Waals surface area contributed by atoms with Gasteiger partial charge in [0.25, 0.3) is 0 Å². The van der Waals surface area contributed by atoms with Crippen LogP contribution in [0.4, 0.5) is 0 Å². The normalized spacial score (nSPS) is 16.9. The van der Waals surface area contributed by atoms with Crippen LogP contribution in [0.5, 0.6) is 0 Å². The van der Waals surface area contributed by atoms with Gasteiger partial charge >= 0.3 is 349 Å². The average Bonchev–Trinajstić information content (AvgIpc) is 3.88. The minimum atomic E-state index is -2.89. The molecule has 6 aromatic rings. The molecule has 0 nitrogen and oxygen atoms in total. The number of fused-ring (bicyclic) bond motifs is 5. The van der Waals surface area contributed by atoms with Gasteiger partial charge in [0, 0.05) is 0 Å². The Labute approximate surface area is 346 Å². The van der Waals surface area contributed by atoms with Crippen molar-refractivity contribution in [3.05, 3.63) is 170 Å². The van der Waals surface area contributed by atoms with Crippen LogP contribution in [-0.4, -0.2) is 9.52 Å². The van der Waals surface area contributed by atoms with Crippen molar-refractivity contribution in [3.63, 3.8) is 0 Å². The first-order chi connectivity index (χ1) is 26.9. The Morgan fingerprint density at radius 2 is 0.946 bits per heavy atom. The summed E-state index contributed by atoms with van der Waals surface area (Å²) in [4.78, 5) is 0. The fraction of sp³-hybridized carbons (Fsp3) is 0.259. The van der Waals surface area contributed by atoms with Crippen LogP contribution in [-0.2, 0) is 21.8 Å². The van der Waals surface area contributed by atoms with E-state index in [4.69, 9.17) is 0 Å². The number of hydrogen-bond acceptors (Lipinski definition) is 0. The number of rotatable bonds is 7. The molecule has 279 valence electrons. The molecule has 2 aliphatic carbocycles. The third-order valence-corrected chi connectivity index (χ3v) is 25.4. The summed E-state index contributed by atoms with van der Waals surface area (Å²) in [5.41, 5.74) is 26.4. The second kappa shape index (κ2) is 14.4. The van der Waals surface area contributed by atoms with Gasteiger partial charge in [0.2, 0.25) is 0 Å². The van der Waals surface area contributed by atoms with Gasteiger partial charge in [-0.1, -0.05) is 0 Å². The molecule has 2 atom stereocenters.